The summed E-state index contributed by atoms with van der Waals surface area (Å²) < 4.78 is 36.6. The number of rotatable bonds is 5. The summed E-state index contributed by atoms with van der Waals surface area (Å²) in [7, 11) is -3.54. The van der Waals surface area contributed by atoms with Gasteiger partial charge in [-0.1, -0.05) is 0 Å². The molecule has 0 aromatic heterocycles. The van der Waals surface area contributed by atoms with Crippen LogP contribution in [0, 0.1) is 15.9 Å². The number of sulfone groups is 1. The maximum absolute atomic E-state index is 13.1. The Morgan fingerprint density at radius 2 is 2.06 bits per heavy atom. The molecule has 6 nitrogen and oxygen atoms in total. The van der Waals surface area contributed by atoms with E-state index in [4.69, 9.17) is 5.73 Å². The van der Waals surface area contributed by atoms with Gasteiger partial charge in [0.2, 0.25) is 0 Å². The molecule has 1 unspecified atom stereocenters. The van der Waals surface area contributed by atoms with Gasteiger partial charge in [-0.05, 0) is 18.6 Å². The van der Waals surface area contributed by atoms with E-state index in [-0.39, 0.29) is 12.1 Å². The Labute approximate surface area is 104 Å². The first kappa shape index (κ1) is 14.5. The molecule has 0 saturated heterocycles. The molecule has 1 atom stereocenters. The summed E-state index contributed by atoms with van der Waals surface area (Å²) in [5, 5.41) is 9.75. The van der Waals surface area contributed by atoms with E-state index in [2.05, 4.69) is 0 Å². The highest BCUT2D eigenvalue weighted by atomic mass is 32.2. The molecular weight excluding hydrogens is 263 g/mol. The molecule has 0 radical (unpaired) electrons. The zero-order chi connectivity index (χ0) is 13.9. The first-order valence-electron chi connectivity index (χ1n) is 5.11. The molecule has 0 aliphatic carbocycles. The van der Waals surface area contributed by atoms with E-state index < -0.39 is 37.3 Å². The highest BCUT2D eigenvalue weighted by Gasteiger charge is 2.21. The quantitative estimate of drug-likeness (QED) is 0.638. The average Bonchev–Trinajstić information content (AvgIpc) is 2.26. The van der Waals surface area contributed by atoms with Crippen LogP contribution < -0.4 is 5.73 Å². The Kier molecular flexibility index (Phi) is 4.36. The summed E-state index contributed by atoms with van der Waals surface area (Å²) in [6, 6.07) is 2.75. The SMILES string of the molecule is CC(CN)S(=O)(=O)Cc1cc(F)cc([N+](=O)[O-])c1. The molecule has 0 saturated carbocycles. The summed E-state index contributed by atoms with van der Waals surface area (Å²) in [6.07, 6.45) is 0. The van der Waals surface area contributed by atoms with Gasteiger partial charge in [0.25, 0.3) is 5.69 Å². The molecule has 1 aromatic rings. The van der Waals surface area contributed by atoms with Gasteiger partial charge in [-0.2, -0.15) is 0 Å². The molecular formula is C10H13FN2O4S. The number of nitro benzene ring substituents is 1. The topological polar surface area (TPSA) is 103 Å². The number of nitrogens with zero attached hydrogens (tertiary/aromatic N) is 1. The fourth-order valence-electron chi connectivity index (χ4n) is 1.34. The Bertz CT molecular complexity index is 559. The van der Waals surface area contributed by atoms with Crippen LogP contribution in [-0.2, 0) is 15.6 Å². The normalized spacial score (nSPS) is 13.3. The van der Waals surface area contributed by atoms with Crippen LogP contribution in [0.1, 0.15) is 12.5 Å². The number of non-ortho nitro benzene ring substituents is 1. The standard InChI is InChI=1S/C10H13FN2O4S/c1-7(5-12)18(16,17)6-8-2-9(11)4-10(3-8)13(14)15/h2-4,7H,5-6,12H2,1H3. The third-order valence-corrected chi connectivity index (χ3v) is 4.62. The Morgan fingerprint density at radius 1 is 1.44 bits per heavy atom. The van der Waals surface area contributed by atoms with E-state index in [1.807, 2.05) is 0 Å². The van der Waals surface area contributed by atoms with Crippen LogP contribution in [0.3, 0.4) is 0 Å². The van der Waals surface area contributed by atoms with Crippen molar-refractivity contribution >= 4 is 15.5 Å². The molecule has 0 aliphatic heterocycles. The summed E-state index contributed by atoms with van der Waals surface area (Å²) >= 11 is 0. The predicted molar refractivity (Wildman–Crippen MR) is 64.2 cm³/mol. The predicted octanol–water partition coefficient (Wildman–Crippen LogP) is 0.996. The van der Waals surface area contributed by atoms with E-state index in [1.165, 1.54) is 6.92 Å². The summed E-state index contributed by atoms with van der Waals surface area (Å²) in [6.45, 7) is 1.38. The first-order valence-corrected chi connectivity index (χ1v) is 6.83. The van der Waals surface area contributed by atoms with Crippen molar-refractivity contribution < 1.29 is 17.7 Å². The lowest BCUT2D eigenvalue weighted by Gasteiger charge is -2.10. The van der Waals surface area contributed by atoms with Gasteiger partial charge in [-0.15, -0.1) is 0 Å². The van der Waals surface area contributed by atoms with Crippen molar-refractivity contribution in [1.82, 2.24) is 0 Å². The van der Waals surface area contributed by atoms with Crippen LogP contribution in [0.15, 0.2) is 18.2 Å². The highest BCUT2D eigenvalue weighted by Crippen LogP contribution is 2.19. The minimum Gasteiger partial charge on any atom is -0.329 e. The Hall–Kier alpha value is -1.54. The third-order valence-electron chi connectivity index (χ3n) is 2.47. The molecule has 18 heavy (non-hydrogen) atoms. The smallest absolute Gasteiger partial charge is 0.272 e. The molecule has 0 aliphatic rings. The monoisotopic (exact) mass is 276 g/mol. The van der Waals surface area contributed by atoms with E-state index in [0.29, 0.717) is 0 Å². The lowest BCUT2D eigenvalue weighted by atomic mass is 10.2. The van der Waals surface area contributed by atoms with Crippen molar-refractivity contribution in [2.75, 3.05) is 6.54 Å². The van der Waals surface area contributed by atoms with Crippen molar-refractivity contribution in [2.45, 2.75) is 17.9 Å². The van der Waals surface area contributed by atoms with Gasteiger partial charge in [-0.3, -0.25) is 10.1 Å². The summed E-state index contributed by atoms with van der Waals surface area (Å²) in [5.74, 6) is -1.31. The van der Waals surface area contributed by atoms with Gasteiger partial charge in [0.1, 0.15) is 5.82 Å². The van der Waals surface area contributed by atoms with Crippen molar-refractivity contribution in [2.24, 2.45) is 5.73 Å². The molecule has 1 aromatic carbocycles. The van der Waals surface area contributed by atoms with Crippen LogP contribution in [-0.4, -0.2) is 25.1 Å². The molecule has 0 spiro atoms. The zero-order valence-corrected chi connectivity index (χ0v) is 10.5. The number of halogens is 1. The van der Waals surface area contributed by atoms with E-state index in [9.17, 15) is 22.9 Å². The number of nitro groups is 1. The number of hydrogen-bond acceptors (Lipinski definition) is 5. The second-order valence-corrected chi connectivity index (χ2v) is 6.35. The lowest BCUT2D eigenvalue weighted by molar-refractivity contribution is -0.385. The molecule has 2 N–H and O–H groups in total. The molecule has 1 rings (SSSR count). The minimum absolute atomic E-state index is 0.0435. The summed E-state index contributed by atoms with van der Waals surface area (Å²) in [5.41, 5.74) is 4.83. The third kappa shape index (κ3) is 3.47. The molecule has 8 heteroatoms. The van der Waals surface area contributed by atoms with Gasteiger partial charge in [-0.25, -0.2) is 12.8 Å². The van der Waals surface area contributed by atoms with Gasteiger partial charge >= 0.3 is 0 Å². The van der Waals surface area contributed by atoms with Crippen molar-refractivity contribution in [3.63, 3.8) is 0 Å². The first-order chi connectivity index (χ1) is 8.26. The van der Waals surface area contributed by atoms with Gasteiger partial charge in [0.05, 0.1) is 22.0 Å². The summed E-state index contributed by atoms with van der Waals surface area (Å²) in [4.78, 5) is 9.76. The number of benzene rings is 1. The van der Waals surface area contributed by atoms with Gasteiger partial charge < -0.3 is 5.73 Å². The van der Waals surface area contributed by atoms with Crippen LogP contribution >= 0.6 is 0 Å². The van der Waals surface area contributed by atoms with E-state index in [0.717, 1.165) is 18.2 Å². The molecule has 0 amide bonds. The number of nitrogens with two attached hydrogens (primary N) is 1. The van der Waals surface area contributed by atoms with E-state index in [1.54, 1.807) is 0 Å². The highest BCUT2D eigenvalue weighted by molar-refractivity contribution is 7.91. The Balaban J connectivity index is 3.09. The largest absolute Gasteiger partial charge is 0.329 e. The maximum atomic E-state index is 13.1. The average molecular weight is 276 g/mol. The Morgan fingerprint density at radius 3 is 2.56 bits per heavy atom. The molecule has 0 fully saturated rings. The molecule has 0 bridgehead atoms. The number of hydrogen-bond donors (Lipinski definition) is 1. The van der Waals surface area contributed by atoms with Crippen molar-refractivity contribution in [3.05, 3.63) is 39.7 Å². The van der Waals surface area contributed by atoms with Crippen LogP contribution in [0.4, 0.5) is 10.1 Å². The zero-order valence-electron chi connectivity index (χ0n) is 9.67. The van der Waals surface area contributed by atoms with Crippen LogP contribution in [0.5, 0.6) is 0 Å². The molecule has 0 heterocycles. The van der Waals surface area contributed by atoms with E-state index >= 15 is 0 Å². The second kappa shape index (κ2) is 5.40. The fourth-order valence-corrected chi connectivity index (χ4v) is 2.55. The fraction of sp³-hybridized carbons (Fsp3) is 0.400. The van der Waals surface area contributed by atoms with Crippen molar-refractivity contribution in [1.29, 1.82) is 0 Å². The van der Waals surface area contributed by atoms with Gasteiger partial charge in [0.15, 0.2) is 9.84 Å². The van der Waals surface area contributed by atoms with Crippen LogP contribution in [0.25, 0.3) is 0 Å². The van der Waals surface area contributed by atoms with Crippen LogP contribution in [0.2, 0.25) is 0 Å². The van der Waals surface area contributed by atoms with Crippen molar-refractivity contribution in [3.8, 4) is 0 Å². The molecule has 100 valence electrons. The lowest BCUT2D eigenvalue weighted by Crippen LogP contribution is -2.27. The minimum atomic E-state index is -3.54. The van der Waals surface area contributed by atoms with Gasteiger partial charge in [0, 0.05) is 12.6 Å². The maximum Gasteiger partial charge on any atom is 0.272 e. The second-order valence-electron chi connectivity index (χ2n) is 3.93.